The van der Waals surface area contributed by atoms with Crippen LogP contribution in [0.4, 0.5) is 0 Å². The SMILES string of the molecule is CC(NC(=O)CCCCCl)C(=O)N(C)C. The highest BCUT2D eigenvalue weighted by Gasteiger charge is 2.16. The van der Waals surface area contributed by atoms with Crippen LogP contribution in [0.5, 0.6) is 0 Å². The summed E-state index contributed by atoms with van der Waals surface area (Å²) in [6.45, 7) is 1.68. The van der Waals surface area contributed by atoms with Crippen molar-refractivity contribution < 1.29 is 9.59 Å². The lowest BCUT2D eigenvalue weighted by Gasteiger charge is -2.17. The third kappa shape index (κ3) is 6.33. The van der Waals surface area contributed by atoms with Crippen LogP contribution < -0.4 is 5.32 Å². The van der Waals surface area contributed by atoms with E-state index in [1.165, 1.54) is 4.90 Å². The largest absolute Gasteiger partial charge is 0.347 e. The molecule has 0 aliphatic heterocycles. The Hall–Kier alpha value is -0.770. The normalized spacial score (nSPS) is 12.0. The van der Waals surface area contributed by atoms with Crippen molar-refractivity contribution in [3.63, 3.8) is 0 Å². The van der Waals surface area contributed by atoms with Crippen LogP contribution in [-0.2, 0) is 9.59 Å². The minimum absolute atomic E-state index is 0.0946. The lowest BCUT2D eigenvalue weighted by Crippen LogP contribution is -2.44. The minimum Gasteiger partial charge on any atom is -0.347 e. The molecule has 4 nitrogen and oxygen atoms in total. The van der Waals surface area contributed by atoms with Crippen LogP contribution >= 0.6 is 11.6 Å². The highest BCUT2D eigenvalue weighted by molar-refractivity contribution is 6.17. The Morgan fingerprint density at radius 2 is 1.93 bits per heavy atom. The predicted molar refractivity (Wildman–Crippen MR) is 60.9 cm³/mol. The summed E-state index contributed by atoms with van der Waals surface area (Å²) >= 11 is 5.49. The van der Waals surface area contributed by atoms with Gasteiger partial charge in [0.1, 0.15) is 6.04 Å². The molecule has 0 aromatic rings. The van der Waals surface area contributed by atoms with Crippen molar-refractivity contribution in [1.29, 1.82) is 0 Å². The molecule has 0 radical (unpaired) electrons. The Morgan fingerprint density at radius 1 is 1.33 bits per heavy atom. The zero-order chi connectivity index (χ0) is 11.8. The van der Waals surface area contributed by atoms with Crippen LogP contribution in [0.3, 0.4) is 0 Å². The molecule has 0 aromatic carbocycles. The van der Waals surface area contributed by atoms with Gasteiger partial charge in [-0.2, -0.15) is 0 Å². The van der Waals surface area contributed by atoms with E-state index >= 15 is 0 Å². The number of hydrogen-bond acceptors (Lipinski definition) is 2. The molecule has 0 rings (SSSR count). The molecule has 0 spiro atoms. The lowest BCUT2D eigenvalue weighted by atomic mass is 10.2. The molecule has 0 aliphatic rings. The van der Waals surface area contributed by atoms with Crippen LogP contribution in [0.2, 0.25) is 0 Å². The maximum atomic E-state index is 11.4. The van der Waals surface area contributed by atoms with Gasteiger partial charge in [0.15, 0.2) is 0 Å². The Kier molecular flexibility index (Phi) is 7.13. The van der Waals surface area contributed by atoms with E-state index in [0.717, 1.165) is 12.8 Å². The number of likely N-dealkylation sites (N-methyl/N-ethyl adjacent to an activating group) is 1. The fourth-order valence-electron chi connectivity index (χ4n) is 1.14. The van der Waals surface area contributed by atoms with Crippen molar-refractivity contribution >= 4 is 23.4 Å². The molecule has 0 aliphatic carbocycles. The first kappa shape index (κ1) is 14.2. The highest BCUT2D eigenvalue weighted by Crippen LogP contribution is 1.98. The van der Waals surface area contributed by atoms with Crippen LogP contribution in [-0.4, -0.2) is 42.7 Å². The van der Waals surface area contributed by atoms with Gasteiger partial charge in [-0.3, -0.25) is 9.59 Å². The molecular formula is C10H19ClN2O2. The summed E-state index contributed by atoms with van der Waals surface area (Å²) in [6.07, 6.45) is 2.01. The smallest absolute Gasteiger partial charge is 0.244 e. The van der Waals surface area contributed by atoms with Crippen molar-refractivity contribution in [2.75, 3.05) is 20.0 Å². The van der Waals surface area contributed by atoms with E-state index in [-0.39, 0.29) is 11.8 Å². The third-order valence-electron chi connectivity index (χ3n) is 1.98. The van der Waals surface area contributed by atoms with E-state index in [2.05, 4.69) is 5.32 Å². The Labute approximate surface area is 96.0 Å². The van der Waals surface area contributed by atoms with Crippen LogP contribution in [0.25, 0.3) is 0 Å². The molecule has 15 heavy (non-hydrogen) atoms. The Morgan fingerprint density at radius 3 is 2.40 bits per heavy atom. The second-order valence-corrected chi connectivity index (χ2v) is 4.05. The summed E-state index contributed by atoms with van der Waals surface area (Å²) in [5.41, 5.74) is 0. The second kappa shape index (κ2) is 7.51. The number of nitrogens with one attached hydrogen (secondary N) is 1. The van der Waals surface area contributed by atoms with Gasteiger partial charge in [-0.1, -0.05) is 0 Å². The van der Waals surface area contributed by atoms with Crippen molar-refractivity contribution in [2.24, 2.45) is 0 Å². The molecule has 88 valence electrons. The van der Waals surface area contributed by atoms with E-state index in [1.807, 2.05) is 0 Å². The third-order valence-corrected chi connectivity index (χ3v) is 2.24. The van der Waals surface area contributed by atoms with Crippen molar-refractivity contribution in [3.8, 4) is 0 Å². The molecule has 0 saturated carbocycles. The van der Waals surface area contributed by atoms with Gasteiger partial charge >= 0.3 is 0 Å². The Bertz CT molecular complexity index is 219. The first-order valence-corrected chi connectivity index (χ1v) is 5.59. The quantitative estimate of drug-likeness (QED) is 0.551. The summed E-state index contributed by atoms with van der Waals surface area (Å²) in [6, 6.07) is -0.455. The maximum Gasteiger partial charge on any atom is 0.244 e. The number of halogens is 1. The molecule has 0 saturated heterocycles. The summed E-state index contributed by atoms with van der Waals surface area (Å²) < 4.78 is 0. The first-order chi connectivity index (χ1) is 6.99. The van der Waals surface area contributed by atoms with Gasteiger partial charge in [-0.25, -0.2) is 0 Å². The zero-order valence-electron chi connectivity index (χ0n) is 9.55. The van der Waals surface area contributed by atoms with Gasteiger partial charge in [-0.15, -0.1) is 11.6 Å². The van der Waals surface area contributed by atoms with Gasteiger partial charge in [0.25, 0.3) is 0 Å². The average Bonchev–Trinajstić information content (AvgIpc) is 2.16. The van der Waals surface area contributed by atoms with Gasteiger partial charge in [0, 0.05) is 26.4 Å². The fraction of sp³-hybridized carbons (Fsp3) is 0.800. The standard InChI is InChI=1S/C10H19ClN2O2/c1-8(10(15)13(2)3)12-9(14)6-4-5-7-11/h8H,4-7H2,1-3H3,(H,12,14). The number of hydrogen-bond donors (Lipinski definition) is 1. The van der Waals surface area contributed by atoms with E-state index in [9.17, 15) is 9.59 Å². The maximum absolute atomic E-state index is 11.4. The van der Waals surface area contributed by atoms with Crippen LogP contribution in [0, 0.1) is 0 Å². The van der Waals surface area contributed by atoms with E-state index in [0.29, 0.717) is 12.3 Å². The molecule has 0 bridgehead atoms. The molecule has 0 heterocycles. The number of unbranched alkanes of at least 4 members (excludes halogenated alkanes) is 1. The van der Waals surface area contributed by atoms with Crippen molar-refractivity contribution in [3.05, 3.63) is 0 Å². The number of carbonyl (C=O) groups excluding carboxylic acids is 2. The van der Waals surface area contributed by atoms with E-state index < -0.39 is 6.04 Å². The molecular weight excluding hydrogens is 216 g/mol. The predicted octanol–water partition coefficient (Wildman–Crippen LogP) is 0.988. The summed E-state index contributed by atoms with van der Waals surface area (Å²) in [4.78, 5) is 24.2. The number of amides is 2. The molecule has 1 atom stereocenters. The zero-order valence-corrected chi connectivity index (χ0v) is 10.3. The van der Waals surface area contributed by atoms with Crippen LogP contribution in [0.1, 0.15) is 26.2 Å². The average molecular weight is 235 g/mol. The monoisotopic (exact) mass is 234 g/mol. The van der Waals surface area contributed by atoms with Gasteiger partial charge < -0.3 is 10.2 Å². The fourth-order valence-corrected chi connectivity index (χ4v) is 1.33. The van der Waals surface area contributed by atoms with Gasteiger partial charge in [0.05, 0.1) is 0 Å². The number of nitrogens with zero attached hydrogens (tertiary/aromatic N) is 1. The molecule has 5 heteroatoms. The van der Waals surface area contributed by atoms with Gasteiger partial charge in [0.2, 0.25) is 11.8 Å². The first-order valence-electron chi connectivity index (χ1n) is 5.05. The van der Waals surface area contributed by atoms with E-state index in [4.69, 9.17) is 11.6 Å². The molecule has 1 N–H and O–H groups in total. The second-order valence-electron chi connectivity index (χ2n) is 3.67. The number of rotatable bonds is 6. The lowest BCUT2D eigenvalue weighted by molar-refractivity contribution is -0.133. The molecule has 0 aromatic heterocycles. The van der Waals surface area contributed by atoms with Gasteiger partial charge in [-0.05, 0) is 19.8 Å². The van der Waals surface area contributed by atoms with Crippen LogP contribution in [0.15, 0.2) is 0 Å². The molecule has 1 unspecified atom stereocenters. The summed E-state index contributed by atoms with van der Waals surface area (Å²) in [5, 5.41) is 2.65. The van der Waals surface area contributed by atoms with Crippen molar-refractivity contribution in [2.45, 2.75) is 32.2 Å². The van der Waals surface area contributed by atoms with E-state index in [1.54, 1.807) is 21.0 Å². The molecule has 0 fully saturated rings. The molecule has 2 amide bonds. The topological polar surface area (TPSA) is 49.4 Å². The number of carbonyl (C=O) groups is 2. The summed E-state index contributed by atoms with van der Waals surface area (Å²) in [5.74, 6) is 0.378. The Balaban J connectivity index is 3.81. The number of alkyl halides is 1. The van der Waals surface area contributed by atoms with Crippen molar-refractivity contribution in [1.82, 2.24) is 10.2 Å². The highest BCUT2D eigenvalue weighted by atomic mass is 35.5. The minimum atomic E-state index is -0.455. The summed E-state index contributed by atoms with van der Waals surface area (Å²) in [7, 11) is 3.33.